The largest absolute Gasteiger partial charge is 0.497 e. The Kier molecular flexibility index (Phi) is 6.00. The summed E-state index contributed by atoms with van der Waals surface area (Å²) in [6, 6.07) is 25.3. The molecule has 0 amide bonds. The van der Waals surface area contributed by atoms with Crippen LogP contribution in [0.5, 0.6) is 5.75 Å². The average Bonchev–Trinajstić information content (AvgIpc) is 3.54. The van der Waals surface area contributed by atoms with Crippen LogP contribution in [0.3, 0.4) is 0 Å². The van der Waals surface area contributed by atoms with E-state index in [-0.39, 0.29) is 6.04 Å². The zero-order valence-electron chi connectivity index (χ0n) is 18.6. The maximum Gasteiger partial charge on any atom is 0.208 e. The predicted octanol–water partition coefficient (Wildman–Crippen LogP) is 6.57. The quantitative estimate of drug-likeness (QED) is 0.311. The predicted molar refractivity (Wildman–Crippen MR) is 136 cm³/mol. The van der Waals surface area contributed by atoms with Crippen molar-refractivity contribution >= 4 is 34.1 Å². The minimum absolute atomic E-state index is 0.113. The smallest absolute Gasteiger partial charge is 0.208 e. The number of hydrogen-bond acceptors (Lipinski definition) is 6. The Morgan fingerprint density at radius 3 is 2.42 bits per heavy atom. The maximum absolute atomic E-state index is 5.35. The summed E-state index contributed by atoms with van der Waals surface area (Å²) in [6.07, 6.45) is 4.44. The summed E-state index contributed by atoms with van der Waals surface area (Å²) < 4.78 is 5.35. The number of rotatable bonds is 6. The van der Waals surface area contributed by atoms with Crippen LogP contribution in [0, 0.1) is 6.92 Å². The van der Waals surface area contributed by atoms with Gasteiger partial charge in [0, 0.05) is 24.2 Å². The first-order chi connectivity index (χ1) is 16.2. The van der Waals surface area contributed by atoms with Gasteiger partial charge in [-0.05, 0) is 47.9 Å². The lowest BCUT2D eigenvalue weighted by molar-refractivity contribution is 0.414. The lowest BCUT2D eigenvalue weighted by atomic mass is 9.97. The summed E-state index contributed by atoms with van der Waals surface area (Å²) in [4.78, 5) is 8.63. The van der Waals surface area contributed by atoms with Crippen LogP contribution < -0.4 is 9.75 Å². The van der Waals surface area contributed by atoms with Gasteiger partial charge in [0.25, 0.3) is 0 Å². The fraction of sp³-hybridized carbons (Fsp3) is 0.148. The number of ether oxygens (including phenoxy) is 1. The van der Waals surface area contributed by atoms with Crippen molar-refractivity contribution in [3.05, 3.63) is 107 Å². The number of hydrazone groups is 1. The van der Waals surface area contributed by atoms with Gasteiger partial charge in [-0.2, -0.15) is 5.10 Å². The minimum Gasteiger partial charge on any atom is -0.497 e. The third-order valence-electron chi connectivity index (χ3n) is 5.70. The Morgan fingerprint density at radius 2 is 1.76 bits per heavy atom. The average molecular weight is 453 g/mol. The van der Waals surface area contributed by atoms with Gasteiger partial charge < -0.3 is 4.74 Å². The van der Waals surface area contributed by atoms with Crippen LogP contribution >= 0.6 is 11.3 Å². The lowest BCUT2D eigenvalue weighted by Gasteiger charge is -2.24. The molecule has 0 saturated carbocycles. The fourth-order valence-electron chi connectivity index (χ4n) is 3.88. The number of anilines is 1. The molecular weight excluding hydrogens is 428 g/mol. The van der Waals surface area contributed by atoms with Crippen LogP contribution in [0.15, 0.2) is 94.5 Å². The number of aromatic nitrogens is 1. The molecule has 2 heterocycles. The molecule has 0 N–H and O–H groups in total. The van der Waals surface area contributed by atoms with Gasteiger partial charge in [0.15, 0.2) is 0 Å². The molecule has 0 aliphatic carbocycles. The molecule has 1 unspecified atom stereocenters. The van der Waals surface area contributed by atoms with Crippen LogP contribution in [0.4, 0.5) is 10.8 Å². The highest BCUT2D eigenvalue weighted by Gasteiger charge is 2.30. The van der Waals surface area contributed by atoms with Gasteiger partial charge in [-0.15, -0.1) is 11.3 Å². The molecule has 0 fully saturated rings. The molecule has 1 atom stereocenters. The summed E-state index contributed by atoms with van der Waals surface area (Å²) in [6.45, 7) is 2.10. The second-order valence-corrected chi connectivity index (χ2v) is 8.79. The molecule has 1 aromatic heterocycles. The van der Waals surface area contributed by atoms with Crippen molar-refractivity contribution in [3.8, 4) is 5.75 Å². The van der Waals surface area contributed by atoms with Crippen molar-refractivity contribution < 1.29 is 4.74 Å². The number of hydrogen-bond donors (Lipinski definition) is 0. The van der Waals surface area contributed by atoms with E-state index in [1.165, 1.54) is 22.5 Å². The normalized spacial score (nSPS) is 15.8. The SMILES string of the molecule is COc1ccc(C2CC(c3ccc(C)cc3)=NN2c2ccc(/C=N/c3nccs3)cc2)cc1. The fourth-order valence-corrected chi connectivity index (χ4v) is 4.36. The van der Waals surface area contributed by atoms with E-state index in [1.54, 1.807) is 13.3 Å². The highest BCUT2D eigenvalue weighted by molar-refractivity contribution is 7.13. The first-order valence-electron chi connectivity index (χ1n) is 10.8. The molecule has 4 aromatic rings. The molecule has 3 aromatic carbocycles. The van der Waals surface area contributed by atoms with Gasteiger partial charge in [0.05, 0.1) is 24.6 Å². The van der Waals surface area contributed by atoms with E-state index < -0.39 is 0 Å². The standard InChI is InChI=1S/C27H24N4OS/c1-19-3-7-21(8-4-19)25-17-26(22-9-13-24(32-2)14-10-22)31(30-25)23-11-5-20(6-12-23)18-29-27-28-15-16-33-27/h3-16,18,26H,17H2,1-2H3/b29-18+. The number of benzene rings is 3. The van der Waals surface area contributed by atoms with Crippen LogP contribution in [-0.4, -0.2) is 24.0 Å². The van der Waals surface area contributed by atoms with E-state index in [2.05, 4.69) is 82.6 Å². The zero-order chi connectivity index (χ0) is 22.6. The summed E-state index contributed by atoms with van der Waals surface area (Å²) in [7, 11) is 1.69. The van der Waals surface area contributed by atoms with Crippen molar-refractivity contribution in [1.29, 1.82) is 0 Å². The lowest BCUT2D eigenvalue weighted by Crippen LogP contribution is -2.18. The molecule has 164 valence electrons. The van der Waals surface area contributed by atoms with Gasteiger partial charge >= 0.3 is 0 Å². The number of methoxy groups -OCH3 is 1. The molecule has 6 heteroatoms. The topological polar surface area (TPSA) is 50.1 Å². The molecular formula is C27H24N4OS. The van der Waals surface area contributed by atoms with Crippen LogP contribution in [0.25, 0.3) is 0 Å². The molecule has 0 saturated heterocycles. The van der Waals surface area contributed by atoms with E-state index in [4.69, 9.17) is 9.84 Å². The minimum atomic E-state index is 0.113. The van der Waals surface area contributed by atoms with E-state index in [0.29, 0.717) is 0 Å². The first kappa shape index (κ1) is 21.1. The van der Waals surface area contributed by atoms with Crippen molar-refractivity contribution in [2.24, 2.45) is 10.1 Å². The highest BCUT2D eigenvalue weighted by Crippen LogP contribution is 2.37. The molecule has 0 bridgehead atoms. The van der Waals surface area contributed by atoms with Crippen molar-refractivity contribution in [2.45, 2.75) is 19.4 Å². The molecule has 1 aliphatic rings. The molecule has 0 spiro atoms. The number of thiazole rings is 1. The third kappa shape index (κ3) is 4.71. The molecule has 5 nitrogen and oxygen atoms in total. The first-order valence-corrected chi connectivity index (χ1v) is 11.7. The second kappa shape index (κ2) is 9.38. The van der Waals surface area contributed by atoms with Gasteiger partial charge in [0.2, 0.25) is 5.13 Å². The van der Waals surface area contributed by atoms with Gasteiger partial charge in [-0.3, -0.25) is 5.01 Å². The van der Waals surface area contributed by atoms with Gasteiger partial charge in [-0.1, -0.05) is 54.1 Å². The van der Waals surface area contributed by atoms with Gasteiger partial charge in [0.1, 0.15) is 5.75 Å². The summed E-state index contributed by atoms with van der Waals surface area (Å²) >= 11 is 1.52. The van der Waals surface area contributed by atoms with Crippen LogP contribution in [0.2, 0.25) is 0 Å². The van der Waals surface area contributed by atoms with Crippen molar-refractivity contribution in [1.82, 2.24) is 4.98 Å². The summed E-state index contributed by atoms with van der Waals surface area (Å²) in [5.41, 5.74) is 6.77. The molecule has 33 heavy (non-hydrogen) atoms. The highest BCUT2D eigenvalue weighted by atomic mass is 32.1. The van der Waals surface area contributed by atoms with E-state index in [1.807, 2.05) is 23.7 Å². The van der Waals surface area contributed by atoms with Gasteiger partial charge in [-0.25, -0.2) is 9.98 Å². The van der Waals surface area contributed by atoms with E-state index >= 15 is 0 Å². The Bertz CT molecular complexity index is 1260. The molecule has 0 radical (unpaired) electrons. The second-order valence-electron chi connectivity index (χ2n) is 7.91. The summed E-state index contributed by atoms with van der Waals surface area (Å²) in [5, 5.41) is 9.85. The third-order valence-corrected chi connectivity index (χ3v) is 6.38. The molecule has 5 rings (SSSR count). The summed E-state index contributed by atoms with van der Waals surface area (Å²) in [5.74, 6) is 0.854. The number of aryl methyl sites for hydroxylation is 1. The Hall–Kier alpha value is -3.77. The monoisotopic (exact) mass is 452 g/mol. The van der Waals surface area contributed by atoms with Crippen LogP contribution in [0.1, 0.15) is 34.7 Å². The van der Waals surface area contributed by atoms with Crippen LogP contribution in [-0.2, 0) is 0 Å². The Morgan fingerprint density at radius 1 is 1.00 bits per heavy atom. The van der Waals surface area contributed by atoms with E-state index in [9.17, 15) is 0 Å². The Labute approximate surface area is 197 Å². The maximum atomic E-state index is 5.35. The number of nitrogens with zero attached hydrogens (tertiary/aromatic N) is 4. The molecule has 1 aliphatic heterocycles. The van der Waals surface area contributed by atoms with Crippen molar-refractivity contribution in [2.75, 3.05) is 12.1 Å². The number of aliphatic imine (C=N–C) groups is 1. The Balaban J connectivity index is 1.45. The van der Waals surface area contributed by atoms with Crippen molar-refractivity contribution in [3.63, 3.8) is 0 Å². The van der Waals surface area contributed by atoms with E-state index in [0.717, 1.165) is 39.8 Å². The zero-order valence-corrected chi connectivity index (χ0v) is 19.4.